The summed E-state index contributed by atoms with van der Waals surface area (Å²) in [7, 11) is 0. The molecule has 0 saturated heterocycles. The van der Waals surface area contributed by atoms with Crippen molar-refractivity contribution >= 4 is 5.91 Å². The first-order valence-corrected chi connectivity index (χ1v) is 6.76. The number of hydrogen-bond donors (Lipinski definition) is 2. The average Bonchev–Trinajstić information content (AvgIpc) is 2.41. The van der Waals surface area contributed by atoms with Gasteiger partial charge in [0.2, 0.25) is 5.91 Å². The second-order valence-electron chi connectivity index (χ2n) is 4.82. The van der Waals surface area contributed by atoms with Gasteiger partial charge in [0.15, 0.2) is 0 Å². The number of carbonyl (C=O) groups is 1. The van der Waals surface area contributed by atoms with Crippen molar-refractivity contribution in [3.63, 3.8) is 0 Å². The third-order valence-electron chi connectivity index (χ3n) is 3.02. The van der Waals surface area contributed by atoms with Crippen molar-refractivity contribution in [2.45, 2.75) is 46.0 Å². The number of ether oxygens (including phenoxy) is 1. The molecular weight excluding hydrogens is 242 g/mol. The van der Waals surface area contributed by atoms with E-state index in [0.717, 1.165) is 37.0 Å². The van der Waals surface area contributed by atoms with Gasteiger partial charge in [0, 0.05) is 6.42 Å². The van der Waals surface area contributed by atoms with E-state index in [1.807, 2.05) is 6.92 Å². The highest BCUT2D eigenvalue weighted by Crippen LogP contribution is 2.19. The van der Waals surface area contributed by atoms with Crippen molar-refractivity contribution in [3.05, 3.63) is 29.3 Å². The minimum atomic E-state index is -0.313. The Morgan fingerprint density at radius 1 is 1.21 bits per heavy atom. The Kier molecular flexibility index (Phi) is 6.97. The highest BCUT2D eigenvalue weighted by Gasteiger charge is 2.00. The maximum atomic E-state index is 10.8. The summed E-state index contributed by atoms with van der Waals surface area (Å²) in [6, 6.07) is 6.20. The molecule has 1 amide bonds. The number of amides is 1. The van der Waals surface area contributed by atoms with E-state index in [1.54, 1.807) is 5.48 Å². The summed E-state index contributed by atoms with van der Waals surface area (Å²) in [5.41, 5.74) is 4.00. The highest BCUT2D eigenvalue weighted by molar-refractivity contribution is 5.74. The largest absolute Gasteiger partial charge is 0.493 e. The van der Waals surface area contributed by atoms with Crippen LogP contribution in [-0.2, 0) is 4.79 Å². The van der Waals surface area contributed by atoms with E-state index in [1.165, 1.54) is 5.56 Å². The van der Waals surface area contributed by atoms with Crippen LogP contribution in [-0.4, -0.2) is 17.7 Å². The van der Waals surface area contributed by atoms with Crippen LogP contribution in [0.25, 0.3) is 0 Å². The maximum absolute atomic E-state index is 10.8. The van der Waals surface area contributed by atoms with Crippen molar-refractivity contribution in [2.24, 2.45) is 0 Å². The van der Waals surface area contributed by atoms with Crippen molar-refractivity contribution in [2.75, 3.05) is 6.61 Å². The van der Waals surface area contributed by atoms with Gasteiger partial charge in [-0.15, -0.1) is 0 Å². The van der Waals surface area contributed by atoms with Gasteiger partial charge in [0.05, 0.1) is 6.61 Å². The van der Waals surface area contributed by atoms with E-state index in [2.05, 4.69) is 25.1 Å². The average molecular weight is 265 g/mol. The van der Waals surface area contributed by atoms with Crippen LogP contribution in [0.2, 0.25) is 0 Å². The number of carbonyl (C=O) groups excluding carboxylic acids is 1. The number of rotatable bonds is 8. The molecule has 0 radical (unpaired) electrons. The van der Waals surface area contributed by atoms with Gasteiger partial charge in [-0.1, -0.05) is 25.0 Å². The summed E-state index contributed by atoms with van der Waals surface area (Å²) >= 11 is 0. The topological polar surface area (TPSA) is 58.6 Å². The van der Waals surface area contributed by atoms with Crippen molar-refractivity contribution in [1.29, 1.82) is 0 Å². The first-order valence-electron chi connectivity index (χ1n) is 6.76. The summed E-state index contributed by atoms with van der Waals surface area (Å²) in [6.45, 7) is 4.80. The Morgan fingerprint density at radius 2 is 1.95 bits per heavy atom. The zero-order valence-corrected chi connectivity index (χ0v) is 11.7. The van der Waals surface area contributed by atoms with Gasteiger partial charge in [0.1, 0.15) is 5.75 Å². The third kappa shape index (κ3) is 6.25. The lowest BCUT2D eigenvalue weighted by Crippen LogP contribution is -2.17. The molecule has 0 fully saturated rings. The smallest absolute Gasteiger partial charge is 0.243 e. The van der Waals surface area contributed by atoms with E-state index < -0.39 is 0 Å². The van der Waals surface area contributed by atoms with Gasteiger partial charge in [-0.25, -0.2) is 5.48 Å². The Hall–Kier alpha value is -1.55. The molecule has 0 unspecified atom stereocenters. The number of hydrogen-bond acceptors (Lipinski definition) is 3. The maximum Gasteiger partial charge on any atom is 0.243 e. The Balaban J connectivity index is 2.11. The van der Waals surface area contributed by atoms with Crippen LogP contribution in [0.1, 0.15) is 43.2 Å². The fourth-order valence-corrected chi connectivity index (χ4v) is 1.84. The van der Waals surface area contributed by atoms with Crippen LogP contribution in [0.15, 0.2) is 18.2 Å². The minimum Gasteiger partial charge on any atom is -0.493 e. The predicted octanol–water partition coefficient (Wildman–Crippen LogP) is 3.14. The zero-order valence-electron chi connectivity index (χ0n) is 11.7. The molecule has 0 atom stereocenters. The van der Waals surface area contributed by atoms with Crippen LogP contribution in [0, 0.1) is 13.8 Å². The number of nitrogens with one attached hydrogen (secondary N) is 1. The van der Waals surface area contributed by atoms with Crippen LogP contribution < -0.4 is 10.2 Å². The molecule has 2 N–H and O–H groups in total. The van der Waals surface area contributed by atoms with Crippen LogP contribution in [0.4, 0.5) is 0 Å². The SMILES string of the molecule is Cc1ccc(C)c(OCCCCCCC(=O)NO)c1. The van der Waals surface area contributed by atoms with Gasteiger partial charge >= 0.3 is 0 Å². The molecule has 1 rings (SSSR count). The predicted molar refractivity (Wildman–Crippen MR) is 74.4 cm³/mol. The first kappa shape index (κ1) is 15.5. The quantitative estimate of drug-likeness (QED) is 0.431. The number of unbranched alkanes of at least 4 members (excludes halogenated alkanes) is 3. The number of hydroxylamine groups is 1. The lowest BCUT2D eigenvalue weighted by molar-refractivity contribution is -0.129. The molecule has 4 heteroatoms. The Labute approximate surface area is 114 Å². The molecule has 0 bridgehead atoms. The molecule has 19 heavy (non-hydrogen) atoms. The molecule has 1 aromatic rings. The van der Waals surface area contributed by atoms with Crippen LogP contribution in [0.3, 0.4) is 0 Å². The molecule has 0 spiro atoms. The van der Waals surface area contributed by atoms with Crippen molar-refractivity contribution in [1.82, 2.24) is 5.48 Å². The molecule has 0 aliphatic rings. The van der Waals surface area contributed by atoms with Crippen molar-refractivity contribution in [3.8, 4) is 5.75 Å². The molecule has 0 heterocycles. The Morgan fingerprint density at radius 3 is 2.68 bits per heavy atom. The lowest BCUT2D eigenvalue weighted by atomic mass is 10.1. The molecule has 0 aliphatic heterocycles. The second-order valence-corrected chi connectivity index (χ2v) is 4.82. The number of benzene rings is 1. The summed E-state index contributed by atoms with van der Waals surface area (Å²) in [4.78, 5) is 10.8. The standard InChI is InChI=1S/C15H23NO3/c1-12-8-9-13(2)14(11-12)19-10-6-4-3-5-7-15(17)16-18/h8-9,11,18H,3-7,10H2,1-2H3,(H,16,17). The van der Waals surface area contributed by atoms with Gasteiger partial charge in [0.25, 0.3) is 0 Å². The van der Waals surface area contributed by atoms with E-state index in [4.69, 9.17) is 9.94 Å². The van der Waals surface area contributed by atoms with Gasteiger partial charge in [-0.05, 0) is 43.9 Å². The summed E-state index contributed by atoms with van der Waals surface area (Å²) in [6.07, 6.45) is 4.17. The molecule has 0 saturated carbocycles. The number of aryl methyl sites for hydroxylation is 2. The summed E-state index contributed by atoms with van der Waals surface area (Å²) < 4.78 is 5.75. The third-order valence-corrected chi connectivity index (χ3v) is 3.02. The highest BCUT2D eigenvalue weighted by atomic mass is 16.5. The van der Waals surface area contributed by atoms with E-state index in [0.29, 0.717) is 13.0 Å². The van der Waals surface area contributed by atoms with Gasteiger partial charge in [-0.3, -0.25) is 10.0 Å². The summed E-state index contributed by atoms with van der Waals surface area (Å²) in [5.74, 6) is 0.645. The van der Waals surface area contributed by atoms with E-state index in [-0.39, 0.29) is 5.91 Å². The molecule has 106 valence electrons. The molecule has 0 aliphatic carbocycles. The van der Waals surface area contributed by atoms with E-state index >= 15 is 0 Å². The van der Waals surface area contributed by atoms with Gasteiger partial charge < -0.3 is 4.74 Å². The van der Waals surface area contributed by atoms with Gasteiger partial charge in [-0.2, -0.15) is 0 Å². The zero-order chi connectivity index (χ0) is 14.1. The van der Waals surface area contributed by atoms with E-state index in [9.17, 15) is 4.79 Å². The molecular formula is C15H23NO3. The van der Waals surface area contributed by atoms with Crippen LogP contribution in [0.5, 0.6) is 5.75 Å². The Bertz CT molecular complexity index is 404. The normalized spacial score (nSPS) is 10.3. The van der Waals surface area contributed by atoms with Crippen molar-refractivity contribution < 1.29 is 14.7 Å². The lowest BCUT2D eigenvalue weighted by Gasteiger charge is -2.09. The monoisotopic (exact) mass is 265 g/mol. The minimum absolute atomic E-state index is 0.313. The summed E-state index contributed by atoms with van der Waals surface area (Å²) in [5, 5.41) is 8.33. The second kappa shape index (κ2) is 8.53. The first-order chi connectivity index (χ1) is 9.13. The molecule has 4 nitrogen and oxygen atoms in total. The molecule has 1 aromatic carbocycles. The fraction of sp³-hybridized carbons (Fsp3) is 0.533. The molecule has 0 aromatic heterocycles. The fourth-order valence-electron chi connectivity index (χ4n) is 1.84. The van der Waals surface area contributed by atoms with Crippen LogP contribution >= 0.6 is 0 Å².